The highest BCUT2D eigenvalue weighted by atomic mass is 32.2. The van der Waals surface area contributed by atoms with Crippen LogP contribution in [0.25, 0.3) is 0 Å². The summed E-state index contributed by atoms with van der Waals surface area (Å²) in [6, 6.07) is 3.34. The Morgan fingerprint density at radius 1 is 0.903 bits per heavy atom. The summed E-state index contributed by atoms with van der Waals surface area (Å²) in [7, 11) is -4.38. The van der Waals surface area contributed by atoms with Crippen LogP contribution >= 0.6 is 0 Å². The first kappa shape index (κ1) is 21.8. The van der Waals surface area contributed by atoms with Crippen LogP contribution in [0.5, 0.6) is 5.75 Å². The summed E-state index contributed by atoms with van der Waals surface area (Å²) in [5.74, 6) is 3.42. The van der Waals surface area contributed by atoms with Crippen molar-refractivity contribution in [3.63, 3.8) is 0 Å². The minimum Gasteiger partial charge on any atom is -0.508 e. The molecule has 4 fully saturated rings. The highest BCUT2D eigenvalue weighted by molar-refractivity contribution is 7.86. The van der Waals surface area contributed by atoms with Crippen LogP contribution in [0.2, 0.25) is 0 Å². The molecule has 0 saturated heterocycles. The number of hydrogen-bond donors (Lipinski definition) is 2. The smallest absolute Gasteiger partial charge is 0.295 e. The van der Waals surface area contributed by atoms with E-state index in [2.05, 4.69) is 13.8 Å². The Labute approximate surface area is 187 Å². The maximum atomic E-state index is 12.9. The predicted octanol–water partition coefficient (Wildman–Crippen LogP) is 6.43. The summed E-state index contributed by atoms with van der Waals surface area (Å²) in [5.41, 5.74) is 1.17. The maximum absolute atomic E-state index is 12.9. The van der Waals surface area contributed by atoms with Gasteiger partial charge in [0.1, 0.15) is 10.6 Å². The standard InChI is InChI=1S/C26H38O4S/c1-16-6-19-9-20(7-16)11-21(10-19)23-12-22(27)13-24(25(23)31(28,29)30)26-5-3-4-18(15-26)8-17(2)14-26/h12-13,16-21,27H,3-11,14-15H2,1-2H3,(H,28,29,30). The van der Waals surface area contributed by atoms with Gasteiger partial charge in [0, 0.05) is 0 Å². The lowest BCUT2D eigenvalue weighted by molar-refractivity contribution is 0.107. The molecule has 1 aromatic carbocycles. The lowest BCUT2D eigenvalue weighted by Gasteiger charge is -2.49. The van der Waals surface area contributed by atoms with E-state index < -0.39 is 10.1 Å². The third kappa shape index (κ3) is 4.06. The number of phenolic OH excluding ortho intramolecular Hbond substituents is 1. The van der Waals surface area contributed by atoms with E-state index >= 15 is 0 Å². The molecule has 1 aromatic rings. The summed E-state index contributed by atoms with van der Waals surface area (Å²) in [6.07, 6.45) is 12.0. The molecule has 0 spiro atoms. The Hall–Kier alpha value is -1.07. The third-order valence-corrected chi connectivity index (χ3v) is 10.1. The minimum absolute atomic E-state index is 0.107. The van der Waals surface area contributed by atoms with Crippen molar-refractivity contribution >= 4 is 10.1 Å². The summed E-state index contributed by atoms with van der Waals surface area (Å²) in [5, 5.41) is 10.8. The van der Waals surface area contributed by atoms with Gasteiger partial charge in [-0.3, -0.25) is 4.55 Å². The van der Waals surface area contributed by atoms with E-state index in [-0.39, 0.29) is 22.0 Å². The fraction of sp³-hybridized carbons (Fsp3) is 0.769. The second kappa shape index (κ2) is 7.76. The Balaban J connectivity index is 1.63. The summed E-state index contributed by atoms with van der Waals surface area (Å²) in [4.78, 5) is 0.151. The molecule has 0 aliphatic heterocycles. The molecule has 4 aliphatic carbocycles. The molecule has 4 aliphatic rings. The van der Waals surface area contributed by atoms with Gasteiger partial charge in [-0.15, -0.1) is 0 Å². The molecule has 2 N–H and O–H groups in total. The molecule has 0 aromatic heterocycles. The molecule has 0 radical (unpaired) electrons. The first-order valence-corrected chi connectivity index (χ1v) is 13.9. The molecule has 172 valence electrons. The van der Waals surface area contributed by atoms with Gasteiger partial charge in [-0.2, -0.15) is 8.42 Å². The van der Waals surface area contributed by atoms with Gasteiger partial charge in [0.05, 0.1) is 0 Å². The van der Waals surface area contributed by atoms with E-state index in [1.807, 2.05) is 0 Å². The Kier molecular flexibility index (Phi) is 5.45. The Bertz CT molecular complexity index is 932. The number of hydrogen-bond acceptors (Lipinski definition) is 3. The molecule has 4 saturated carbocycles. The van der Waals surface area contributed by atoms with Crippen molar-refractivity contribution in [2.24, 2.45) is 29.6 Å². The van der Waals surface area contributed by atoms with Crippen molar-refractivity contribution < 1.29 is 18.1 Å². The van der Waals surface area contributed by atoms with Crippen molar-refractivity contribution in [3.8, 4) is 5.75 Å². The zero-order valence-electron chi connectivity index (χ0n) is 19.0. The summed E-state index contributed by atoms with van der Waals surface area (Å²) < 4.78 is 36.3. The lowest BCUT2D eigenvalue weighted by Crippen LogP contribution is -2.41. The molecule has 4 nitrogen and oxygen atoms in total. The lowest BCUT2D eigenvalue weighted by atomic mass is 9.56. The van der Waals surface area contributed by atoms with E-state index in [1.54, 1.807) is 12.1 Å². The number of fused-ring (bicyclic) bond motifs is 4. The van der Waals surface area contributed by atoms with Gasteiger partial charge in [0.15, 0.2) is 0 Å². The van der Waals surface area contributed by atoms with Crippen molar-refractivity contribution in [1.29, 1.82) is 0 Å². The Morgan fingerprint density at radius 3 is 2.26 bits per heavy atom. The van der Waals surface area contributed by atoms with Crippen molar-refractivity contribution in [2.45, 2.75) is 101 Å². The van der Waals surface area contributed by atoms with Crippen molar-refractivity contribution in [3.05, 3.63) is 23.3 Å². The largest absolute Gasteiger partial charge is 0.508 e. The van der Waals surface area contributed by atoms with Gasteiger partial charge in [-0.05, 0) is 122 Å². The molecule has 0 amide bonds. The fourth-order valence-corrected chi connectivity index (χ4v) is 9.68. The van der Waals surface area contributed by atoms with Crippen LogP contribution < -0.4 is 0 Å². The second-order valence-electron chi connectivity index (χ2n) is 11.9. The van der Waals surface area contributed by atoms with Crippen LogP contribution in [-0.4, -0.2) is 18.1 Å². The van der Waals surface area contributed by atoms with Gasteiger partial charge < -0.3 is 5.11 Å². The van der Waals surface area contributed by atoms with Crippen molar-refractivity contribution in [1.82, 2.24) is 0 Å². The summed E-state index contributed by atoms with van der Waals surface area (Å²) >= 11 is 0. The van der Waals surface area contributed by atoms with Crippen molar-refractivity contribution in [2.75, 3.05) is 0 Å². The predicted molar refractivity (Wildman–Crippen MR) is 122 cm³/mol. The molecule has 31 heavy (non-hydrogen) atoms. The van der Waals surface area contributed by atoms with E-state index in [1.165, 1.54) is 32.1 Å². The summed E-state index contributed by atoms with van der Waals surface area (Å²) in [6.45, 7) is 4.60. The first-order chi connectivity index (χ1) is 14.6. The number of aromatic hydroxyl groups is 1. The number of benzene rings is 1. The second-order valence-corrected chi connectivity index (χ2v) is 13.2. The third-order valence-electron chi connectivity index (χ3n) is 9.17. The molecule has 5 atom stereocenters. The average Bonchev–Trinajstić information content (AvgIpc) is 2.65. The SMILES string of the molecule is CC1CC2CC(C1)CC(c1cc(O)cc(C34CCCC(CC(C)C3)C4)c1S(=O)(=O)O)C2. The van der Waals surface area contributed by atoms with E-state index in [9.17, 15) is 18.1 Å². The van der Waals surface area contributed by atoms with Gasteiger partial charge in [-0.1, -0.05) is 26.7 Å². The Morgan fingerprint density at radius 2 is 1.58 bits per heavy atom. The van der Waals surface area contributed by atoms with Crippen LogP contribution in [0.1, 0.15) is 102 Å². The van der Waals surface area contributed by atoms with E-state index in [0.717, 1.165) is 44.4 Å². The molecule has 5 heteroatoms. The molecule has 4 bridgehead atoms. The molecule has 5 rings (SSSR count). The maximum Gasteiger partial charge on any atom is 0.295 e. The minimum atomic E-state index is -4.38. The van der Waals surface area contributed by atoms with Gasteiger partial charge in [-0.25, -0.2) is 0 Å². The van der Waals surface area contributed by atoms with Crippen LogP contribution in [0.4, 0.5) is 0 Å². The molecule has 0 heterocycles. The quantitative estimate of drug-likeness (QED) is 0.525. The van der Waals surface area contributed by atoms with Gasteiger partial charge in [0.25, 0.3) is 10.1 Å². The highest BCUT2D eigenvalue weighted by Crippen LogP contribution is 2.56. The monoisotopic (exact) mass is 446 g/mol. The zero-order valence-corrected chi connectivity index (χ0v) is 19.8. The average molecular weight is 447 g/mol. The highest BCUT2D eigenvalue weighted by Gasteiger charge is 2.47. The number of phenols is 1. The van der Waals surface area contributed by atoms with Gasteiger partial charge >= 0.3 is 0 Å². The van der Waals surface area contributed by atoms with E-state index in [0.29, 0.717) is 34.8 Å². The van der Waals surface area contributed by atoms with Gasteiger partial charge in [0.2, 0.25) is 0 Å². The number of rotatable bonds is 3. The van der Waals surface area contributed by atoms with Crippen LogP contribution in [0, 0.1) is 29.6 Å². The van der Waals surface area contributed by atoms with Crippen LogP contribution in [-0.2, 0) is 15.5 Å². The topological polar surface area (TPSA) is 74.6 Å². The van der Waals surface area contributed by atoms with Crippen LogP contribution in [0.15, 0.2) is 17.0 Å². The fourth-order valence-electron chi connectivity index (χ4n) is 8.60. The van der Waals surface area contributed by atoms with E-state index in [4.69, 9.17) is 0 Å². The molecular formula is C26H38O4S. The zero-order chi connectivity index (χ0) is 22.0. The molecule has 5 unspecified atom stereocenters. The first-order valence-electron chi connectivity index (χ1n) is 12.5. The van der Waals surface area contributed by atoms with Crippen LogP contribution in [0.3, 0.4) is 0 Å². The normalized spacial score (nSPS) is 40.5. The molecular weight excluding hydrogens is 408 g/mol.